The van der Waals surface area contributed by atoms with Crippen LogP contribution in [0.15, 0.2) is 29.0 Å². The lowest BCUT2D eigenvalue weighted by molar-refractivity contribution is 0.124. The van der Waals surface area contributed by atoms with Crippen LogP contribution in [0.2, 0.25) is 0 Å². The fourth-order valence-corrected chi connectivity index (χ4v) is 3.12. The number of piperidine rings is 1. The van der Waals surface area contributed by atoms with E-state index in [-0.39, 0.29) is 0 Å². The molecule has 1 fully saturated rings. The van der Waals surface area contributed by atoms with Gasteiger partial charge < -0.3 is 19.5 Å². The number of hydrogen-bond acceptors (Lipinski definition) is 5. The van der Waals surface area contributed by atoms with Crippen LogP contribution in [0.5, 0.6) is 0 Å². The van der Waals surface area contributed by atoms with Gasteiger partial charge in [0.25, 0.3) is 5.89 Å². The molecule has 2 N–H and O–H groups in total. The highest BCUT2D eigenvalue weighted by Gasteiger charge is 2.24. The van der Waals surface area contributed by atoms with Crippen LogP contribution in [0.3, 0.4) is 0 Å². The topological polar surface area (TPSA) is 108 Å². The summed E-state index contributed by atoms with van der Waals surface area (Å²) in [5, 5.41) is 14.1. The minimum atomic E-state index is -0.844. The van der Waals surface area contributed by atoms with Gasteiger partial charge in [0.1, 0.15) is 5.69 Å². The summed E-state index contributed by atoms with van der Waals surface area (Å²) in [6.45, 7) is 1.14. The molecule has 3 aromatic rings. The van der Waals surface area contributed by atoms with E-state index < -0.39 is 6.09 Å². The maximum Gasteiger partial charge on any atom is 0.407 e. The van der Waals surface area contributed by atoms with Crippen molar-refractivity contribution in [3.8, 4) is 11.6 Å². The van der Waals surface area contributed by atoms with Gasteiger partial charge in [0.2, 0.25) is 0 Å². The Labute approximate surface area is 137 Å². The smallest absolute Gasteiger partial charge is 0.407 e. The lowest BCUT2D eigenvalue weighted by Crippen LogP contribution is -2.37. The van der Waals surface area contributed by atoms with Crippen molar-refractivity contribution in [3.05, 3.63) is 30.4 Å². The van der Waals surface area contributed by atoms with Crippen LogP contribution >= 0.6 is 0 Å². The van der Waals surface area contributed by atoms with E-state index in [0.29, 0.717) is 37.1 Å². The zero-order valence-corrected chi connectivity index (χ0v) is 13.0. The van der Waals surface area contributed by atoms with E-state index in [1.54, 1.807) is 12.4 Å². The van der Waals surface area contributed by atoms with E-state index in [9.17, 15) is 4.79 Å². The van der Waals surface area contributed by atoms with Crippen LogP contribution in [0, 0.1) is 5.92 Å². The Morgan fingerprint density at radius 2 is 2.25 bits per heavy atom. The highest BCUT2D eigenvalue weighted by Crippen LogP contribution is 2.24. The first-order chi connectivity index (χ1) is 11.7. The molecule has 3 aromatic heterocycles. The number of likely N-dealkylation sites (tertiary alicyclic amines) is 1. The average Bonchev–Trinajstić information content (AvgIpc) is 3.21. The Kier molecular flexibility index (Phi) is 3.64. The van der Waals surface area contributed by atoms with E-state index in [0.717, 1.165) is 29.4 Å². The van der Waals surface area contributed by atoms with Crippen molar-refractivity contribution >= 4 is 17.0 Å². The van der Waals surface area contributed by atoms with Gasteiger partial charge in [-0.05, 0) is 30.9 Å². The second kappa shape index (κ2) is 5.95. The number of nitrogens with one attached hydrogen (secondary N) is 1. The first kappa shape index (κ1) is 14.7. The zero-order chi connectivity index (χ0) is 16.5. The van der Waals surface area contributed by atoms with Gasteiger partial charge in [-0.3, -0.25) is 4.98 Å². The first-order valence-corrected chi connectivity index (χ1v) is 7.92. The maximum absolute atomic E-state index is 10.9. The fourth-order valence-electron chi connectivity index (χ4n) is 3.12. The largest absolute Gasteiger partial charge is 0.465 e. The molecular formula is C16H17N5O3. The Balaban J connectivity index is 1.44. The summed E-state index contributed by atoms with van der Waals surface area (Å²) in [7, 11) is 0. The average molecular weight is 327 g/mol. The summed E-state index contributed by atoms with van der Waals surface area (Å²) < 4.78 is 5.36. The Morgan fingerprint density at radius 3 is 3.00 bits per heavy atom. The molecule has 0 aromatic carbocycles. The second-order valence-electron chi connectivity index (χ2n) is 6.08. The number of rotatable bonds is 3. The number of hydrogen-bond donors (Lipinski definition) is 2. The molecule has 0 aliphatic carbocycles. The number of amides is 1. The number of nitrogens with zero attached hydrogens (tertiary/aromatic N) is 4. The Hall–Kier alpha value is -2.90. The molecule has 124 valence electrons. The molecule has 4 rings (SSSR count). The van der Waals surface area contributed by atoms with Gasteiger partial charge in [-0.15, -0.1) is 0 Å². The lowest BCUT2D eigenvalue weighted by atomic mass is 9.93. The molecule has 0 atom stereocenters. The van der Waals surface area contributed by atoms with E-state index in [1.807, 2.05) is 12.1 Å². The molecule has 1 amide bonds. The van der Waals surface area contributed by atoms with Crippen LogP contribution in [-0.2, 0) is 6.42 Å². The molecule has 1 aliphatic rings. The number of aromatic amines is 1. The monoisotopic (exact) mass is 327 g/mol. The van der Waals surface area contributed by atoms with E-state index in [1.165, 1.54) is 4.90 Å². The summed E-state index contributed by atoms with van der Waals surface area (Å²) in [6, 6.07) is 3.88. The predicted molar refractivity (Wildman–Crippen MR) is 85.4 cm³/mol. The number of aromatic nitrogens is 4. The molecule has 4 heterocycles. The molecule has 24 heavy (non-hydrogen) atoms. The Bertz CT molecular complexity index is 830. The predicted octanol–water partition coefficient (Wildman–Crippen LogP) is 2.55. The van der Waals surface area contributed by atoms with E-state index in [4.69, 9.17) is 9.63 Å². The van der Waals surface area contributed by atoms with Crippen LogP contribution in [-0.4, -0.2) is 49.3 Å². The summed E-state index contributed by atoms with van der Waals surface area (Å²) >= 11 is 0. The number of carboxylic acid groups (broad SMARTS) is 1. The summed E-state index contributed by atoms with van der Waals surface area (Å²) in [4.78, 5) is 24.1. The second-order valence-corrected chi connectivity index (χ2v) is 6.08. The van der Waals surface area contributed by atoms with Crippen molar-refractivity contribution < 1.29 is 14.4 Å². The minimum Gasteiger partial charge on any atom is -0.465 e. The van der Waals surface area contributed by atoms with Crippen molar-refractivity contribution in [2.45, 2.75) is 19.3 Å². The maximum atomic E-state index is 10.9. The molecular weight excluding hydrogens is 310 g/mol. The third kappa shape index (κ3) is 2.82. The highest BCUT2D eigenvalue weighted by atomic mass is 16.5. The van der Waals surface area contributed by atoms with Gasteiger partial charge in [-0.1, -0.05) is 5.16 Å². The molecule has 0 saturated carbocycles. The molecule has 1 saturated heterocycles. The van der Waals surface area contributed by atoms with Crippen LogP contribution in [0.4, 0.5) is 4.79 Å². The van der Waals surface area contributed by atoms with E-state index in [2.05, 4.69) is 20.1 Å². The molecule has 0 unspecified atom stereocenters. The highest BCUT2D eigenvalue weighted by molar-refractivity contribution is 5.83. The quantitative estimate of drug-likeness (QED) is 0.765. The number of H-pyrrole nitrogens is 1. The van der Waals surface area contributed by atoms with Gasteiger partial charge in [0.05, 0.1) is 11.7 Å². The normalized spacial score (nSPS) is 15.9. The van der Waals surface area contributed by atoms with Gasteiger partial charge in [-0.25, -0.2) is 4.79 Å². The van der Waals surface area contributed by atoms with E-state index >= 15 is 0 Å². The standard InChI is InChI=1S/C16H17N5O3/c22-16(23)21-5-2-10(3-6-21)7-14-19-15(24-20-14)12-8-11-1-4-17-9-13(11)18-12/h1,4,8-10,18H,2-3,5-7H2,(H,22,23). The molecule has 0 spiro atoms. The molecule has 0 radical (unpaired) electrons. The van der Waals surface area contributed by atoms with Crippen molar-refractivity contribution in [2.24, 2.45) is 5.92 Å². The van der Waals surface area contributed by atoms with Crippen molar-refractivity contribution in [1.82, 2.24) is 25.0 Å². The third-order valence-electron chi connectivity index (χ3n) is 4.48. The summed E-state index contributed by atoms with van der Waals surface area (Å²) in [5.41, 5.74) is 1.70. The van der Waals surface area contributed by atoms with Gasteiger partial charge in [0.15, 0.2) is 5.82 Å². The van der Waals surface area contributed by atoms with Crippen LogP contribution in [0.25, 0.3) is 22.5 Å². The Morgan fingerprint density at radius 1 is 1.42 bits per heavy atom. The number of pyridine rings is 1. The molecule has 8 nitrogen and oxygen atoms in total. The van der Waals surface area contributed by atoms with Crippen LogP contribution < -0.4 is 0 Å². The SMILES string of the molecule is O=C(O)N1CCC(Cc2noc(-c3cc4ccncc4[nH]3)n2)CC1. The zero-order valence-electron chi connectivity index (χ0n) is 13.0. The summed E-state index contributed by atoms with van der Waals surface area (Å²) in [6.07, 6.45) is 5.01. The number of fused-ring (bicyclic) bond motifs is 1. The molecule has 8 heteroatoms. The van der Waals surface area contributed by atoms with Crippen molar-refractivity contribution in [2.75, 3.05) is 13.1 Å². The lowest BCUT2D eigenvalue weighted by Gasteiger charge is -2.29. The number of carbonyl (C=O) groups is 1. The molecule has 1 aliphatic heterocycles. The molecule has 0 bridgehead atoms. The van der Waals surface area contributed by atoms with Crippen molar-refractivity contribution in [1.29, 1.82) is 0 Å². The summed E-state index contributed by atoms with van der Waals surface area (Å²) in [5.74, 6) is 1.51. The van der Waals surface area contributed by atoms with Gasteiger partial charge in [0, 0.05) is 31.1 Å². The van der Waals surface area contributed by atoms with Gasteiger partial charge >= 0.3 is 6.09 Å². The minimum absolute atomic E-state index is 0.387. The van der Waals surface area contributed by atoms with Gasteiger partial charge in [-0.2, -0.15) is 4.98 Å². The van der Waals surface area contributed by atoms with Crippen LogP contribution in [0.1, 0.15) is 18.7 Å². The third-order valence-corrected chi connectivity index (χ3v) is 4.48. The van der Waals surface area contributed by atoms with Crippen molar-refractivity contribution in [3.63, 3.8) is 0 Å². The first-order valence-electron chi connectivity index (χ1n) is 7.92. The fraction of sp³-hybridized carbons (Fsp3) is 0.375.